The Balaban J connectivity index is 0. The molecule has 1 aromatic heterocycles. The first-order valence-electron chi connectivity index (χ1n) is 7.11. The molecule has 0 unspecified atom stereocenters. The van der Waals surface area contributed by atoms with Crippen LogP contribution in [0.2, 0.25) is 0 Å². The Kier molecular flexibility index (Phi) is 15.2. The maximum atomic E-state index is 11.1. The zero-order valence-corrected chi connectivity index (χ0v) is 16.1. The van der Waals surface area contributed by atoms with Crippen LogP contribution in [0.1, 0.15) is 57.1 Å². The van der Waals surface area contributed by atoms with Crippen LogP contribution in [0.3, 0.4) is 0 Å². The van der Waals surface area contributed by atoms with Crippen molar-refractivity contribution >= 4 is 5.91 Å². The van der Waals surface area contributed by atoms with Gasteiger partial charge in [-0.25, -0.2) is 0 Å². The van der Waals surface area contributed by atoms with Crippen molar-refractivity contribution in [2.24, 2.45) is 0 Å². The first kappa shape index (κ1) is 22.1. The van der Waals surface area contributed by atoms with Crippen LogP contribution in [0, 0.1) is 6.92 Å². The minimum absolute atomic E-state index is 0. The molecule has 1 radical (unpaired) electrons. The molecule has 1 amide bonds. The SMILES string of the molecule is CC.C[N-]C(=O)CCc1noc2c1CCCC2.[CH2-]C.[Y]. The van der Waals surface area contributed by atoms with Crippen molar-refractivity contribution in [1.29, 1.82) is 0 Å². The van der Waals surface area contributed by atoms with Gasteiger partial charge in [0.2, 0.25) is 0 Å². The van der Waals surface area contributed by atoms with Crippen LogP contribution < -0.4 is 0 Å². The summed E-state index contributed by atoms with van der Waals surface area (Å²) >= 11 is 0. The van der Waals surface area contributed by atoms with Crippen molar-refractivity contribution in [3.05, 3.63) is 29.3 Å². The van der Waals surface area contributed by atoms with E-state index in [1.165, 1.54) is 25.5 Å². The summed E-state index contributed by atoms with van der Waals surface area (Å²) in [4.78, 5) is 11.1. The van der Waals surface area contributed by atoms with Crippen LogP contribution in [0.5, 0.6) is 0 Å². The summed E-state index contributed by atoms with van der Waals surface area (Å²) in [5, 5.41) is 7.64. The molecular formula is C15H26N2O2Y-2. The molecule has 0 aromatic carbocycles. The van der Waals surface area contributed by atoms with Crippen LogP contribution in [0.15, 0.2) is 4.52 Å². The summed E-state index contributed by atoms with van der Waals surface area (Å²) < 4.78 is 5.26. The number of aryl methyl sites for hydroxylation is 2. The summed E-state index contributed by atoms with van der Waals surface area (Å²) in [5.41, 5.74) is 2.20. The largest absolute Gasteiger partial charge is 0.656 e. The number of carbonyl (C=O) groups excluding carboxylic acids is 1. The second-order valence-corrected chi connectivity index (χ2v) is 3.86. The van der Waals surface area contributed by atoms with Gasteiger partial charge in [0, 0.05) is 44.7 Å². The molecule has 0 fully saturated rings. The first-order chi connectivity index (χ1) is 9.31. The molecule has 1 aromatic rings. The molecule has 0 saturated carbocycles. The third-order valence-electron chi connectivity index (χ3n) is 2.86. The van der Waals surface area contributed by atoms with E-state index in [4.69, 9.17) is 4.52 Å². The summed E-state index contributed by atoms with van der Waals surface area (Å²) in [5.74, 6) is 0.958. The molecular weight excluding hydrogens is 329 g/mol. The molecule has 0 bridgehead atoms. The van der Waals surface area contributed by atoms with Gasteiger partial charge < -0.3 is 21.6 Å². The Morgan fingerprint density at radius 1 is 1.30 bits per heavy atom. The molecule has 2 rings (SSSR count). The van der Waals surface area contributed by atoms with E-state index in [9.17, 15) is 4.79 Å². The van der Waals surface area contributed by atoms with Crippen LogP contribution in [0.4, 0.5) is 0 Å². The quantitative estimate of drug-likeness (QED) is 0.773. The Morgan fingerprint density at radius 2 is 1.90 bits per heavy atom. The van der Waals surface area contributed by atoms with Gasteiger partial charge >= 0.3 is 0 Å². The summed E-state index contributed by atoms with van der Waals surface area (Å²) in [6.07, 6.45) is 5.53. The number of nitrogens with zero attached hydrogens (tertiary/aromatic N) is 2. The van der Waals surface area contributed by atoms with Gasteiger partial charge in [0.05, 0.1) is 11.6 Å². The third-order valence-corrected chi connectivity index (χ3v) is 2.86. The number of carbonyl (C=O) groups is 1. The molecule has 0 aliphatic heterocycles. The second-order valence-electron chi connectivity index (χ2n) is 3.86. The maximum absolute atomic E-state index is 11.1. The standard InChI is InChI=1S/C11H16N2O2.C2H6.C2H5.Y/c1-12-11(14)7-6-9-8-4-2-3-5-10(8)15-13-9;2*1-2;/h2-7H2,1H3,(H,12,14);1-2H3;1H2,2H3;/q;;-1;/p-1. The molecule has 5 heteroatoms. The smallest absolute Gasteiger partial charge is 0.140 e. The van der Waals surface area contributed by atoms with Crippen molar-refractivity contribution in [1.82, 2.24) is 5.16 Å². The van der Waals surface area contributed by atoms with Crippen LogP contribution >= 0.6 is 0 Å². The molecule has 0 N–H and O–H groups in total. The zero-order valence-electron chi connectivity index (χ0n) is 13.2. The molecule has 1 heterocycles. The molecule has 4 nitrogen and oxygen atoms in total. The number of amides is 1. The number of hydrogen-bond acceptors (Lipinski definition) is 3. The van der Waals surface area contributed by atoms with Crippen LogP contribution in [-0.2, 0) is 56.8 Å². The number of fused-ring (bicyclic) bond motifs is 1. The molecule has 113 valence electrons. The van der Waals surface area contributed by atoms with E-state index in [1.807, 2.05) is 13.8 Å². The average molecular weight is 355 g/mol. The predicted molar refractivity (Wildman–Crippen MR) is 78.1 cm³/mol. The van der Waals surface area contributed by atoms with Gasteiger partial charge in [-0.1, -0.05) is 19.0 Å². The van der Waals surface area contributed by atoms with Crippen molar-refractivity contribution in [3.63, 3.8) is 0 Å². The van der Waals surface area contributed by atoms with Crippen LogP contribution in [0.25, 0.3) is 5.32 Å². The van der Waals surface area contributed by atoms with Gasteiger partial charge in [0.25, 0.3) is 0 Å². The van der Waals surface area contributed by atoms with Gasteiger partial charge in [-0.15, -0.1) is 7.05 Å². The summed E-state index contributed by atoms with van der Waals surface area (Å²) in [7, 11) is 1.53. The molecule has 1 aliphatic carbocycles. The van der Waals surface area contributed by atoms with E-state index in [-0.39, 0.29) is 38.6 Å². The van der Waals surface area contributed by atoms with E-state index in [1.54, 1.807) is 6.92 Å². The number of hydrogen-bond donors (Lipinski definition) is 0. The van der Waals surface area contributed by atoms with E-state index in [0.29, 0.717) is 12.8 Å². The van der Waals surface area contributed by atoms with Gasteiger partial charge in [0.15, 0.2) is 0 Å². The predicted octanol–water partition coefficient (Wildman–Crippen LogP) is 3.88. The maximum Gasteiger partial charge on any atom is 0.140 e. The van der Waals surface area contributed by atoms with Crippen molar-refractivity contribution in [2.45, 2.75) is 59.3 Å². The fourth-order valence-electron chi connectivity index (χ4n) is 1.98. The normalized spacial score (nSPS) is 11.7. The Morgan fingerprint density at radius 3 is 2.50 bits per heavy atom. The van der Waals surface area contributed by atoms with Gasteiger partial charge in [-0.3, -0.25) is 0 Å². The third kappa shape index (κ3) is 6.98. The summed E-state index contributed by atoms with van der Waals surface area (Å²) in [6, 6.07) is 0. The molecule has 0 saturated heterocycles. The van der Waals surface area contributed by atoms with E-state index < -0.39 is 0 Å². The van der Waals surface area contributed by atoms with Gasteiger partial charge in [-0.05, 0) is 32.1 Å². The molecule has 0 spiro atoms. The fourth-order valence-corrected chi connectivity index (χ4v) is 1.98. The van der Waals surface area contributed by atoms with E-state index in [0.717, 1.165) is 24.3 Å². The van der Waals surface area contributed by atoms with Gasteiger partial charge in [-0.2, -0.15) is 6.92 Å². The zero-order chi connectivity index (χ0) is 14.7. The van der Waals surface area contributed by atoms with E-state index >= 15 is 0 Å². The Bertz CT molecular complexity index is 365. The topological polar surface area (TPSA) is 57.2 Å². The number of aromatic nitrogens is 1. The number of rotatable bonds is 3. The average Bonchev–Trinajstić information content (AvgIpc) is 2.92. The fraction of sp³-hybridized carbons (Fsp3) is 0.667. The van der Waals surface area contributed by atoms with Crippen molar-refractivity contribution < 1.29 is 42.0 Å². The summed E-state index contributed by atoms with van der Waals surface area (Å²) in [6.45, 7) is 9.00. The Labute approximate surface area is 148 Å². The van der Waals surface area contributed by atoms with Crippen molar-refractivity contribution in [3.8, 4) is 0 Å². The van der Waals surface area contributed by atoms with Gasteiger partial charge in [0.1, 0.15) is 5.76 Å². The van der Waals surface area contributed by atoms with Crippen LogP contribution in [-0.4, -0.2) is 18.1 Å². The second kappa shape index (κ2) is 13.8. The van der Waals surface area contributed by atoms with E-state index in [2.05, 4.69) is 17.4 Å². The van der Waals surface area contributed by atoms with Crippen molar-refractivity contribution in [2.75, 3.05) is 7.05 Å². The monoisotopic (exact) mass is 355 g/mol. The minimum Gasteiger partial charge on any atom is -0.656 e. The molecule has 1 aliphatic rings. The molecule has 0 atom stereocenters. The first-order valence-corrected chi connectivity index (χ1v) is 7.11. The Hall–Kier alpha value is -0.216. The molecule has 20 heavy (non-hydrogen) atoms. The minimum atomic E-state index is -0.0671.